The molecule has 60 valence electrons. The summed E-state index contributed by atoms with van der Waals surface area (Å²) in [4.78, 5) is 0. The number of hydrogen-bond donors (Lipinski definition) is 2. The Morgan fingerprint density at radius 3 is 2.90 bits per heavy atom. The second-order valence-corrected chi connectivity index (χ2v) is 2.86. The Hall–Kier alpha value is -0.120. The van der Waals surface area contributed by atoms with Crippen molar-refractivity contribution >= 4 is 0 Å². The molecule has 1 heterocycles. The van der Waals surface area contributed by atoms with Crippen molar-refractivity contribution in [2.75, 3.05) is 6.61 Å². The van der Waals surface area contributed by atoms with Gasteiger partial charge in [0.05, 0.1) is 6.10 Å². The first kappa shape index (κ1) is 7.98. The van der Waals surface area contributed by atoms with Gasteiger partial charge >= 0.3 is 0 Å². The Kier molecular flexibility index (Phi) is 3.12. The molecule has 1 saturated heterocycles. The van der Waals surface area contributed by atoms with E-state index in [0.717, 1.165) is 13.0 Å². The fraction of sp³-hybridized carbons (Fsp3) is 1.00. The average molecular weight is 144 g/mol. The van der Waals surface area contributed by atoms with E-state index in [4.69, 9.17) is 10.6 Å². The van der Waals surface area contributed by atoms with Gasteiger partial charge in [0.2, 0.25) is 0 Å². The van der Waals surface area contributed by atoms with Gasteiger partial charge in [-0.2, -0.15) is 0 Å². The van der Waals surface area contributed by atoms with Crippen molar-refractivity contribution in [1.29, 1.82) is 0 Å². The zero-order chi connectivity index (χ0) is 7.40. The highest BCUT2D eigenvalue weighted by Gasteiger charge is 2.18. The van der Waals surface area contributed by atoms with Crippen LogP contribution in [0.4, 0.5) is 0 Å². The van der Waals surface area contributed by atoms with Crippen molar-refractivity contribution in [3.63, 3.8) is 0 Å². The topological polar surface area (TPSA) is 47.3 Å². The highest BCUT2D eigenvalue weighted by atomic mass is 16.5. The summed E-state index contributed by atoms with van der Waals surface area (Å²) in [6.07, 6.45) is 3.95. The zero-order valence-electron chi connectivity index (χ0n) is 6.47. The van der Waals surface area contributed by atoms with Crippen LogP contribution in [0.1, 0.15) is 26.2 Å². The van der Waals surface area contributed by atoms with Crippen LogP contribution in [0.3, 0.4) is 0 Å². The van der Waals surface area contributed by atoms with Crippen LogP contribution < -0.4 is 11.3 Å². The van der Waals surface area contributed by atoms with E-state index in [9.17, 15) is 0 Å². The quantitative estimate of drug-likeness (QED) is 0.436. The summed E-state index contributed by atoms with van der Waals surface area (Å²) in [5.41, 5.74) is 2.71. The number of hydrogen-bond acceptors (Lipinski definition) is 3. The lowest BCUT2D eigenvalue weighted by Gasteiger charge is -2.27. The van der Waals surface area contributed by atoms with Crippen LogP contribution in [0.25, 0.3) is 0 Å². The van der Waals surface area contributed by atoms with Gasteiger partial charge in [0.1, 0.15) is 0 Å². The molecule has 0 amide bonds. The summed E-state index contributed by atoms with van der Waals surface area (Å²) < 4.78 is 5.49. The third-order valence-corrected chi connectivity index (χ3v) is 2.04. The second kappa shape index (κ2) is 3.91. The van der Waals surface area contributed by atoms with Gasteiger partial charge in [0.25, 0.3) is 0 Å². The Morgan fingerprint density at radius 1 is 1.60 bits per heavy atom. The Morgan fingerprint density at radius 2 is 2.40 bits per heavy atom. The molecule has 0 spiro atoms. The molecule has 0 aromatic rings. The molecule has 1 rings (SSSR count). The van der Waals surface area contributed by atoms with Crippen molar-refractivity contribution < 1.29 is 4.74 Å². The fourth-order valence-corrected chi connectivity index (χ4v) is 1.27. The molecule has 0 saturated carbocycles. The van der Waals surface area contributed by atoms with Crippen LogP contribution in [0.15, 0.2) is 0 Å². The second-order valence-electron chi connectivity index (χ2n) is 2.86. The van der Waals surface area contributed by atoms with Gasteiger partial charge in [-0.1, -0.05) is 0 Å². The van der Waals surface area contributed by atoms with Gasteiger partial charge in [-0.25, -0.2) is 0 Å². The molecule has 0 aromatic carbocycles. The van der Waals surface area contributed by atoms with Crippen LogP contribution in [-0.4, -0.2) is 18.8 Å². The lowest BCUT2D eigenvalue weighted by molar-refractivity contribution is -0.00358. The zero-order valence-corrected chi connectivity index (χ0v) is 6.47. The maximum atomic E-state index is 5.49. The van der Waals surface area contributed by atoms with E-state index < -0.39 is 0 Å². The third kappa shape index (κ3) is 1.94. The lowest BCUT2D eigenvalue weighted by atomic mass is 10.0. The summed E-state index contributed by atoms with van der Waals surface area (Å²) in [7, 11) is 0. The molecule has 2 atom stereocenters. The molecule has 2 unspecified atom stereocenters. The monoisotopic (exact) mass is 144 g/mol. The van der Waals surface area contributed by atoms with Crippen molar-refractivity contribution in [3.8, 4) is 0 Å². The molecule has 3 N–H and O–H groups in total. The lowest BCUT2D eigenvalue weighted by Crippen LogP contribution is -2.44. The summed E-state index contributed by atoms with van der Waals surface area (Å²) in [6, 6.07) is 0.292. The molecular weight excluding hydrogens is 128 g/mol. The van der Waals surface area contributed by atoms with Crippen molar-refractivity contribution in [2.45, 2.75) is 38.3 Å². The Labute approximate surface area is 61.9 Å². The molecule has 10 heavy (non-hydrogen) atoms. The van der Waals surface area contributed by atoms with Gasteiger partial charge in [-0.05, 0) is 26.2 Å². The van der Waals surface area contributed by atoms with E-state index in [2.05, 4.69) is 12.3 Å². The van der Waals surface area contributed by atoms with E-state index in [0.29, 0.717) is 12.1 Å². The van der Waals surface area contributed by atoms with Crippen LogP contribution in [0.5, 0.6) is 0 Å². The molecule has 1 aliphatic heterocycles. The average Bonchev–Trinajstić information content (AvgIpc) is 2.05. The Bertz CT molecular complexity index is 91.6. The maximum absolute atomic E-state index is 5.49. The fourth-order valence-electron chi connectivity index (χ4n) is 1.27. The van der Waals surface area contributed by atoms with Gasteiger partial charge in [-0.3, -0.25) is 11.3 Å². The van der Waals surface area contributed by atoms with E-state index in [1.807, 2.05) is 0 Å². The predicted octanol–water partition coefficient (Wildman–Crippen LogP) is 0.407. The van der Waals surface area contributed by atoms with E-state index in [1.54, 1.807) is 0 Å². The first-order valence-corrected chi connectivity index (χ1v) is 3.92. The third-order valence-electron chi connectivity index (χ3n) is 2.04. The highest BCUT2D eigenvalue weighted by Crippen LogP contribution is 2.14. The number of hydrazine groups is 1. The maximum Gasteiger partial charge on any atom is 0.0738 e. The number of nitrogens with two attached hydrogens (primary N) is 1. The molecule has 3 heteroatoms. The number of ether oxygens (including phenoxy) is 1. The molecule has 0 bridgehead atoms. The van der Waals surface area contributed by atoms with Crippen LogP contribution in [0.2, 0.25) is 0 Å². The molecule has 1 fully saturated rings. The van der Waals surface area contributed by atoms with Crippen molar-refractivity contribution in [1.82, 2.24) is 5.43 Å². The van der Waals surface area contributed by atoms with Gasteiger partial charge < -0.3 is 4.74 Å². The molecule has 0 aromatic heterocycles. The number of nitrogens with one attached hydrogen (secondary N) is 1. The van der Waals surface area contributed by atoms with Crippen LogP contribution in [-0.2, 0) is 4.74 Å². The Balaban J connectivity index is 2.24. The summed E-state index contributed by atoms with van der Waals surface area (Å²) in [5, 5.41) is 0. The molecule has 0 aliphatic carbocycles. The van der Waals surface area contributed by atoms with Gasteiger partial charge in [0, 0.05) is 12.6 Å². The molecule has 1 aliphatic rings. The van der Waals surface area contributed by atoms with Crippen LogP contribution >= 0.6 is 0 Å². The minimum atomic E-state index is 0.292. The van der Waals surface area contributed by atoms with Crippen molar-refractivity contribution in [2.24, 2.45) is 5.84 Å². The summed E-state index contributed by atoms with van der Waals surface area (Å²) >= 11 is 0. The first-order valence-electron chi connectivity index (χ1n) is 3.92. The standard InChI is InChI=1S/C7H16N2O/c1-6(9-8)7-4-2-3-5-10-7/h6-7,9H,2-5,8H2,1H3. The normalized spacial score (nSPS) is 30.0. The highest BCUT2D eigenvalue weighted by molar-refractivity contribution is 4.72. The van der Waals surface area contributed by atoms with E-state index in [1.165, 1.54) is 12.8 Å². The minimum Gasteiger partial charge on any atom is -0.377 e. The predicted molar refractivity (Wildman–Crippen MR) is 40.4 cm³/mol. The van der Waals surface area contributed by atoms with Crippen LogP contribution in [0, 0.1) is 0 Å². The smallest absolute Gasteiger partial charge is 0.0738 e. The summed E-state index contributed by atoms with van der Waals surface area (Å²) in [6.45, 7) is 2.95. The SMILES string of the molecule is CC(NN)C1CCCCO1. The summed E-state index contributed by atoms with van der Waals surface area (Å²) in [5.74, 6) is 5.27. The van der Waals surface area contributed by atoms with E-state index in [-0.39, 0.29) is 0 Å². The molecule has 0 radical (unpaired) electrons. The first-order chi connectivity index (χ1) is 4.84. The molecule has 3 nitrogen and oxygen atoms in total. The van der Waals surface area contributed by atoms with Crippen molar-refractivity contribution in [3.05, 3.63) is 0 Å². The minimum absolute atomic E-state index is 0.292. The van der Waals surface area contributed by atoms with E-state index >= 15 is 0 Å². The van der Waals surface area contributed by atoms with Gasteiger partial charge in [0.15, 0.2) is 0 Å². The molecular formula is C7H16N2O. The largest absolute Gasteiger partial charge is 0.377 e. The number of rotatable bonds is 2. The van der Waals surface area contributed by atoms with Gasteiger partial charge in [-0.15, -0.1) is 0 Å².